The van der Waals surface area contributed by atoms with Crippen molar-refractivity contribution in [1.82, 2.24) is 4.90 Å². The molecule has 3 aliphatic rings. The number of benzene rings is 1. The number of carbonyl (C=O) groups excluding carboxylic acids is 3. The number of nitrogens with two attached hydrogens (primary N) is 1. The van der Waals surface area contributed by atoms with Gasteiger partial charge in [0, 0.05) is 12.7 Å². The van der Waals surface area contributed by atoms with Gasteiger partial charge in [-0.05, 0) is 19.1 Å². The largest absolute Gasteiger partial charge is 0.383 e. The van der Waals surface area contributed by atoms with E-state index in [0.717, 1.165) is 0 Å². The number of nitrogens with zero attached hydrogens (tertiary/aromatic N) is 1. The summed E-state index contributed by atoms with van der Waals surface area (Å²) in [7, 11) is 1.52. The van der Waals surface area contributed by atoms with Gasteiger partial charge in [0.25, 0.3) is 5.91 Å². The highest BCUT2D eigenvalue weighted by Gasteiger charge is 2.73. The Morgan fingerprint density at radius 2 is 2.08 bits per heavy atom. The maximum atomic E-state index is 13.1. The second-order valence-corrected chi connectivity index (χ2v) is 7.24. The van der Waals surface area contributed by atoms with E-state index in [1.165, 1.54) is 12.0 Å². The van der Waals surface area contributed by atoms with Crippen LogP contribution in [0.2, 0.25) is 5.02 Å². The van der Waals surface area contributed by atoms with E-state index in [0.29, 0.717) is 16.3 Å². The van der Waals surface area contributed by atoms with Crippen LogP contribution in [-0.2, 0) is 24.7 Å². The Morgan fingerprint density at radius 1 is 1.32 bits per heavy atom. The lowest BCUT2D eigenvalue weighted by Gasteiger charge is -2.25. The Labute approximate surface area is 149 Å². The first kappa shape index (κ1) is 16.5. The minimum Gasteiger partial charge on any atom is -0.383 e. The summed E-state index contributed by atoms with van der Waals surface area (Å²) < 4.78 is 5.01. The summed E-state index contributed by atoms with van der Waals surface area (Å²) in [4.78, 5) is 40.1. The quantitative estimate of drug-likeness (QED) is 0.720. The molecule has 1 aromatic rings. The monoisotopic (exact) mass is 364 g/mol. The molecule has 132 valence electrons. The van der Waals surface area contributed by atoms with E-state index >= 15 is 0 Å². The number of likely N-dealkylation sites (tertiary alicyclic amines) is 1. The third-order valence-corrected chi connectivity index (χ3v) is 5.93. The number of fused-ring (bicyclic) bond motifs is 4. The van der Waals surface area contributed by atoms with Gasteiger partial charge in [-0.3, -0.25) is 19.3 Å². The van der Waals surface area contributed by atoms with Crippen molar-refractivity contribution in [3.63, 3.8) is 0 Å². The molecule has 3 amide bonds. The molecule has 4 rings (SSSR count). The van der Waals surface area contributed by atoms with Crippen molar-refractivity contribution < 1.29 is 24.4 Å². The number of hydrogen-bond acceptors (Lipinski definition) is 4. The fraction of sp³-hybridized carbons (Fsp3) is 0.471. The van der Waals surface area contributed by atoms with Crippen molar-refractivity contribution in [3.05, 3.63) is 28.8 Å². The van der Waals surface area contributed by atoms with Gasteiger partial charge in [-0.2, -0.15) is 0 Å². The lowest BCUT2D eigenvalue weighted by Crippen LogP contribution is -2.98. The number of halogens is 1. The first-order valence-electron chi connectivity index (χ1n) is 8.24. The SMILES string of the molecule is COCCN1C(=O)[C@H]2[C@@H](C1=O)[C@]1([NH2+][C@@H]2C)C(=O)Nc2c(Cl)cccc21. The zero-order valence-electron chi connectivity index (χ0n) is 13.9. The molecule has 0 radical (unpaired) electrons. The molecular formula is C17H19ClN3O4+. The Hall–Kier alpha value is -1.96. The van der Waals surface area contributed by atoms with Crippen molar-refractivity contribution >= 4 is 35.0 Å². The van der Waals surface area contributed by atoms with Crippen molar-refractivity contribution in [2.24, 2.45) is 11.8 Å². The number of ether oxygens (including phenoxy) is 1. The Morgan fingerprint density at radius 3 is 2.80 bits per heavy atom. The molecule has 0 saturated carbocycles. The number of anilines is 1. The number of rotatable bonds is 3. The number of methoxy groups -OCH3 is 1. The molecular weight excluding hydrogens is 346 g/mol. The van der Waals surface area contributed by atoms with Gasteiger partial charge in [0.2, 0.25) is 17.4 Å². The molecule has 1 spiro atoms. The number of imide groups is 1. The number of hydrogen-bond donors (Lipinski definition) is 2. The average molecular weight is 365 g/mol. The van der Waals surface area contributed by atoms with Gasteiger partial charge >= 0.3 is 0 Å². The molecule has 0 bridgehead atoms. The predicted molar refractivity (Wildman–Crippen MR) is 88.7 cm³/mol. The molecule has 3 N–H and O–H groups in total. The van der Waals surface area contributed by atoms with Crippen LogP contribution >= 0.6 is 11.6 Å². The van der Waals surface area contributed by atoms with Gasteiger partial charge < -0.3 is 15.4 Å². The first-order valence-corrected chi connectivity index (χ1v) is 8.62. The summed E-state index contributed by atoms with van der Waals surface area (Å²) in [5.41, 5.74) is 0.0757. The van der Waals surface area contributed by atoms with Crippen LogP contribution in [0.3, 0.4) is 0 Å². The number of quaternary nitrogens is 1. The van der Waals surface area contributed by atoms with Crippen molar-refractivity contribution in [2.45, 2.75) is 18.5 Å². The minimum absolute atomic E-state index is 0.190. The summed E-state index contributed by atoms with van der Waals surface area (Å²) in [6.45, 7) is 2.36. The fourth-order valence-corrected chi connectivity index (χ4v) is 4.82. The van der Waals surface area contributed by atoms with E-state index in [1.54, 1.807) is 18.2 Å². The Bertz CT molecular complexity index is 798. The molecule has 25 heavy (non-hydrogen) atoms. The summed E-state index contributed by atoms with van der Waals surface area (Å²) in [6, 6.07) is 5.08. The zero-order chi connectivity index (χ0) is 17.9. The number of nitrogens with one attached hydrogen (secondary N) is 1. The van der Waals surface area contributed by atoms with Crippen molar-refractivity contribution in [1.29, 1.82) is 0 Å². The van der Waals surface area contributed by atoms with Crippen LogP contribution in [-0.4, -0.2) is 48.9 Å². The molecule has 3 heterocycles. The molecule has 3 aliphatic heterocycles. The minimum atomic E-state index is -1.14. The number of carbonyl (C=O) groups is 3. The maximum Gasteiger partial charge on any atom is 0.291 e. The molecule has 2 fully saturated rings. The average Bonchev–Trinajstić information content (AvgIpc) is 3.13. The lowest BCUT2D eigenvalue weighted by atomic mass is 9.76. The van der Waals surface area contributed by atoms with Crippen LogP contribution in [0.4, 0.5) is 5.69 Å². The Kier molecular flexibility index (Phi) is 3.64. The second-order valence-electron chi connectivity index (χ2n) is 6.84. The third-order valence-electron chi connectivity index (χ3n) is 5.62. The van der Waals surface area contributed by atoms with Crippen molar-refractivity contribution in [3.8, 4) is 0 Å². The Balaban J connectivity index is 1.84. The van der Waals surface area contributed by atoms with Gasteiger partial charge in [-0.15, -0.1) is 0 Å². The van der Waals surface area contributed by atoms with Crippen molar-refractivity contribution in [2.75, 3.05) is 25.6 Å². The highest BCUT2D eigenvalue weighted by molar-refractivity contribution is 6.35. The van der Waals surface area contributed by atoms with E-state index in [2.05, 4.69) is 5.32 Å². The lowest BCUT2D eigenvalue weighted by molar-refractivity contribution is -0.730. The molecule has 0 aliphatic carbocycles. The second kappa shape index (κ2) is 5.52. The molecule has 8 heteroatoms. The molecule has 2 saturated heterocycles. The fourth-order valence-electron chi connectivity index (χ4n) is 4.59. The van der Waals surface area contributed by atoms with Crippen LogP contribution in [0.5, 0.6) is 0 Å². The standard InChI is InChI=1S/C17H18ClN3O4/c1-8-11-12(15(23)21(14(11)22)6-7-25-2)17(20-8)9-4-3-5-10(18)13(9)19-16(17)24/h3-5,8,11-12,20H,6-7H2,1-2H3,(H,19,24)/p+1/t8-,11-,12+,17+/m1/s1. The molecule has 0 aromatic heterocycles. The van der Waals surface area contributed by atoms with E-state index in [1.807, 2.05) is 12.2 Å². The zero-order valence-corrected chi connectivity index (χ0v) is 14.7. The smallest absolute Gasteiger partial charge is 0.291 e. The van der Waals surface area contributed by atoms with Crippen LogP contribution < -0.4 is 10.6 Å². The topological polar surface area (TPSA) is 92.3 Å². The van der Waals surface area contributed by atoms with E-state index in [-0.39, 0.29) is 36.9 Å². The summed E-state index contributed by atoms with van der Waals surface area (Å²) >= 11 is 6.23. The van der Waals surface area contributed by atoms with Crippen LogP contribution in [0.15, 0.2) is 18.2 Å². The van der Waals surface area contributed by atoms with Gasteiger partial charge in [0.05, 0.1) is 29.9 Å². The first-order chi connectivity index (χ1) is 11.9. The van der Waals surface area contributed by atoms with E-state index in [9.17, 15) is 14.4 Å². The van der Waals surface area contributed by atoms with Gasteiger partial charge in [-0.1, -0.05) is 17.7 Å². The number of amides is 3. The van der Waals surface area contributed by atoms with Crippen LogP contribution in [0.25, 0.3) is 0 Å². The maximum absolute atomic E-state index is 13.1. The van der Waals surface area contributed by atoms with E-state index < -0.39 is 17.4 Å². The van der Waals surface area contributed by atoms with Gasteiger partial charge in [0.15, 0.2) is 0 Å². The predicted octanol–water partition coefficient (Wildman–Crippen LogP) is -0.299. The summed E-state index contributed by atoms with van der Waals surface area (Å²) in [5.74, 6) is -2.08. The third kappa shape index (κ3) is 1.97. The molecule has 0 unspecified atom stereocenters. The van der Waals surface area contributed by atoms with Crippen LogP contribution in [0, 0.1) is 11.8 Å². The van der Waals surface area contributed by atoms with Gasteiger partial charge in [-0.25, -0.2) is 0 Å². The highest BCUT2D eigenvalue weighted by atomic mass is 35.5. The molecule has 7 nitrogen and oxygen atoms in total. The highest BCUT2D eigenvalue weighted by Crippen LogP contribution is 2.50. The molecule has 1 aromatic carbocycles. The van der Waals surface area contributed by atoms with Crippen LogP contribution in [0.1, 0.15) is 12.5 Å². The molecule has 4 atom stereocenters. The number of para-hydroxylation sites is 1. The normalized spacial score (nSPS) is 33.2. The summed E-state index contributed by atoms with van der Waals surface area (Å²) in [5, 5.41) is 5.10. The van der Waals surface area contributed by atoms with E-state index in [4.69, 9.17) is 16.3 Å². The summed E-state index contributed by atoms with van der Waals surface area (Å²) in [6.07, 6.45) is 0. The van der Waals surface area contributed by atoms with Gasteiger partial charge in [0.1, 0.15) is 11.8 Å².